The normalized spacial score (nSPS) is 14.8. The van der Waals surface area contributed by atoms with E-state index in [9.17, 15) is 0 Å². The summed E-state index contributed by atoms with van der Waals surface area (Å²) < 4.78 is 3.71. The lowest BCUT2D eigenvalue weighted by Gasteiger charge is -2.13. The molecule has 1 aliphatic rings. The van der Waals surface area contributed by atoms with Crippen molar-refractivity contribution in [3.63, 3.8) is 0 Å². The van der Waals surface area contributed by atoms with Gasteiger partial charge in [-0.1, -0.05) is 11.2 Å². The molecule has 0 aliphatic heterocycles. The van der Waals surface area contributed by atoms with Crippen LogP contribution in [0.15, 0.2) is 72.2 Å². The van der Waals surface area contributed by atoms with Gasteiger partial charge in [0, 0.05) is 29.2 Å². The average Bonchev–Trinajstić information content (AvgIpc) is 3.58. The number of fused-ring (bicyclic) bond motifs is 2. The zero-order valence-electron chi connectivity index (χ0n) is 17.4. The maximum absolute atomic E-state index is 8.88. The zero-order valence-corrected chi connectivity index (χ0v) is 17.4. The van der Waals surface area contributed by atoms with Gasteiger partial charge in [0.15, 0.2) is 17.3 Å². The molecule has 4 heterocycles. The molecule has 0 amide bonds. The SMILES string of the molecule is [N-]=[N+]=N[C@H]1CCc2cc(-n3c(-c4cccnc4N)nc4ccc(-n5cccn5)nc43)ccc21. The standard InChI is InChI=1S/C23H18N10/c24-21-17(3-1-10-26-21)22-28-19-8-9-20(32-12-2-11-27-32)29-23(19)33(22)15-5-6-16-14(13-15)4-7-18(16)30-31-25/h1-3,5-6,8-13,18H,4,7H2,(H2,24,26)/t18-/m0/s1. The van der Waals surface area contributed by atoms with E-state index in [2.05, 4.69) is 26.2 Å². The number of benzene rings is 1. The first-order valence-electron chi connectivity index (χ1n) is 10.5. The molecule has 6 rings (SSSR count). The number of rotatable bonds is 4. The third kappa shape index (κ3) is 3.08. The quantitative estimate of drug-likeness (QED) is 0.251. The minimum absolute atomic E-state index is 0.128. The number of pyridine rings is 2. The van der Waals surface area contributed by atoms with Gasteiger partial charge >= 0.3 is 0 Å². The van der Waals surface area contributed by atoms with Crippen molar-refractivity contribution in [1.29, 1.82) is 0 Å². The van der Waals surface area contributed by atoms with Crippen molar-refractivity contribution in [2.24, 2.45) is 5.11 Å². The predicted molar refractivity (Wildman–Crippen MR) is 124 cm³/mol. The van der Waals surface area contributed by atoms with Gasteiger partial charge in [-0.3, -0.25) is 4.57 Å². The zero-order chi connectivity index (χ0) is 22.4. The fourth-order valence-corrected chi connectivity index (χ4v) is 4.41. The van der Waals surface area contributed by atoms with Crippen LogP contribution in [0.3, 0.4) is 0 Å². The molecule has 1 aromatic carbocycles. The van der Waals surface area contributed by atoms with Crippen LogP contribution in [0, 0.1) is 0 Å². The molecule has 160 valence electrons. The number of nitrogen functional groups attached to an aromatic ring is 1. The summed E-state index contributed by atoms with van der Waals surface area (Å²) in [6.07, 6.45) is 6.87. The van der Waals surface area contributed by atoms with Crippen molar-refractivity contribution in [3.05, 3.63) is 88.7 Å². The van der Waals surface area contributed by atoms with Gasteiger partial charge in [0.25, 0.3) is 0 Å². The van der Waals surface area contributed by atoms with E-state index in [1.165, 1.54) is 0 Å². The highest BCUT2D eigenvalue weighted by Crippen LogP contribution is 2.37. The summed E-state index contributed by atoms with van der Waals surface area (Å²) in [5.41, 5.74) is 20.4. The molecule has 0 bridgehead atoms. The van der Waals surface area contributed by atoms with Crippen LogP contribution in [0.25, 0.3) is 44.5 Å². The van der Waals surface area contributed by atoms with E-state index in [0.29, 0.717) is 23.1 Å². The van der Waals surface area contributed by atoms with E-state index < -0.39 is 0 Å². The van der Waals surface area contributed by atoms with Crippen molar-refractivity contribution in [2.75, 3.05) is 5.73 Å². The van der Waals surface area contributed by atoms with Gasteiger partial charge in [-0.15, -0.1) is 0 Å². The summed E-state index contributed by atoms with van der Waals surface area (Å²) in [7, 11) is 0. The monoisotopic (exact) mass is 434 g/mol. The molecule has 0 radical (unpaired) electrons. The van der Waals surface area contributed by atoms with Crippen molar-refractivity contribution in [3.8, 4) is 22.9 Å². The minimum Gasteiger partial charge on any atom is -0.383 e. The molecule has 1 aliphatic carbocycles. The lowest BCUT2D eigenvalue weighted by molar-refractivity contribution is 0.707. The third-order valence-corrected chi connectivity index (χ3v) is 5.93. The van der Waals surface area contributed by atoms with Crippen LogP contribution in [-0.2, 0) is 6.42 Å². The molecule has 10 nitrogen and oxygen atoms in total. The first-order valence-corrected chi connectivity index (χ1v) is 10.5. The second-order valence-corrected chi connectivity index (χ2v) is 7.81. The lowest BCUT2D eigenvalue weighted by atomic mass is 10.1. The molecule has 0 saturated heterocycles. The molecule has 33 heavy (non-hydrogen) atoms. The smallest absolute Gasteiger partial charge is 0.167 e. The van der Waals surface area contributed by atoms with Crippen LogP contribution in [0.4, 0.5) is 5.82 Å². The molecule has 1 atom stereocenters. The average molecular weight is 434 g/mol. The first kappa shape index (κ1) is 19.0. The minimum atomic E-state index is -0.128. The fourth-order valence-electron chi connectivity index (χ4n) is 4.41. The van der Waals surface area contributed by atoms with E-state index in [0.717, 1.165) is 40.7 Å². The van der Waals surface area contributed by atoms with Crippen molar-refractivity contribution < 1.29 is 0 Å². The van der Waals surface area contributed by atoms with E-state index in [4.69, 9.17) is 21.2 Å². The predicted octanol–water partition coefficient (Wildman–Crippen LogP) is 4.55. The number of nitrogens with zero attached hydrogens (tertiary/aromatic N) is 9. The Morgan fingerprint density at radius 1 is 1.09 bits per heavy atom. The van der Waals surface area contributed by atoms with Crippen LogP contribution < -0.4 is 5.73 Å². The molecule has 4 aromatic heterocycles. The fraction of sp³-hybridized carbons (Fsp3) is 0.130. The van der Waals surface area contributed by atoms with Gasteiger partial charge in [-0.25, -0.2) is 19.6 Å². The van der Waals surface area contributed by atoms with Crippen molar-refractivity contribution in [1.82, 2.24) is 29.3 Å². The number of hydrogen-bond acceptors (Lipinski definition) is 6. The van der Waals surface area contributed by atoms with E-state index in [1.807, 2.05) is 53.2 Å². The van der Waals surface area contributed by atoms with Gasteiger partial charge in [-0.2, -0.15) is 5.10 Å². The van der Waals surface area contributed by atoms with E-state index >= 15 is 0 Å². The Hall–Kier alpha value is -4.69. The summed E-state index contributed by atoms with van der Waals surface area (Å²) in [5, 5.41) is 8.24. The molecule has 2 N–H and O–H groups in total. The molecule has 0 unspecified atom stereocenters. The topological polar surface area (TPSA) is 136 Å². The lowest BCUT2D eigenvalue weighted by Crippen LogP contribution is -2.04. The van der Waals surface area contributed by atoms with Gasteiger partial charge in [0.1, 0.15) is 11.3 Å². The summed E-state index contributed by atoms with van der Waals surface area (Å²) >= 11 is 0. The number of imidazole rings is 1. The van der Waals surface area contributed by atoms with Gasteiger partial charge in [0.05, 0.1) is 11.6 Å². The summed E-state index contributed by atoms with van der Waals surface area (Å²) in [4.78, 5) is 17.0. The molecular formula is C23H18N10. The second kappa shape index (κ2) is 7.47. The van der Waals surface area contributed by atoms with Crippen molar-refractivity contribution >= 4 is 17.0 Å². The second-order valence-electron chi connectivity index (χ2n) is 7.81. The van der Waals surface area contributed by atoms with E-state index in [1.54, 1.807) is 17.1 Å². The Balaban J connectivity index is 1.61. The maximum atomic E-state index is 8.88. The summed E-state index contributed by atoms with van der Waals surface area (Å²) in [5.74, 6) is 1.74. The molecule has 10 heteroatoms. The highest BCUT2D eigenvalue weighted by Gasteiger charge is 2.24. The van der Waals surface area contributed by atoms with E-state index in [-0.39, 0.29) is 6.04 Å². The number of aromatic nitrogens is 6. The highest BCUT2D eigenvalue weighted by atomic mass is 15.3. The van der Waals surface area contributed by atoms with Crippen LogP contribution in [-0.4, -0.2) is 29.3 Å². The Kier molecular flexibility index (Phi) is 4.31. The molecule has 0 fully saturated rings. The van der Waals surface area contributed by atoms with Crippen LogP contribution >= 0.6 is 0 Å². The number of aryl methyl sites for hydroxylation is 1. The largest absolute Gasteiger partial charge is 0.383 e. The Morgan fingerprint density at radius 2 is 2.03 bits per heavy atom. The first-order chi connectivity index (χ1) is 16.2. The number of anilines is 1. The molecule has 0 spiro atoms. The summed E-state index contributed by atoms with van der Waals surface area (Å²) in [6, 6.07) is 15.4. The number of hydrogen-bond donors (Lipinski definition) is 1. The van der Waals surface area contributed by atoms with Crippen molar-refractivity contribution in [2.45, 2.75) is 18.9 Å². The highest BCUT2D eigenvalue weighted by molar-refractivity contribution is 5.83. The number of azide groups is 1. The third-order valence-electron chi connectivity index (χ3n) is 5.93. The van der Waals surface area contributed by atoms with Gasteiger partial charge in [0.2, 0.25) is 0 Å². The van der Waals surface area contributed by atoms with Crippen LogP contribution in [0.1, 0.15) is 23.6 Å². The Labute approximate surface area is 188 Å². The number of nitrogens with two attached hydrogens (primary N) is 1. The summed E-state index contributed by atoms with van der Waals surface area (Å²) in [6.45, 7) is 0. The van der Waals surface area contributed by atoms with Crippen LogP contribution in [0.5, 0.6) is 0 Å². The Morgan fingerprint density at radius 3 is 2.85 bits per heavy atom. The molecule has 5 aromatic rings. The van der Waals surface area contributed by atoms with Crippen LogP contribution in [0.2, 0.25) is 0 Å². The molecule has 0 saturated carbocycles. The van der Waals surface area contributed by atoms with Gasteiger partial charge < -0.3 is 5.73 Å². The van der Waals surface area contributed by atoms with Gasteiger partial charge in [-0.05, 0) is 72.0 Å². The Bertz CT molecular complexity index is 1540. The maximum Gasteiger partial charge on any atom is 0.167 e. The molecular weight excluding hydrogens is 416 g/mol.